The molecule has 168 valence electrons. The van der Waals surface area contributed by atoms with E-state index in [1.54, 1.807) is 10.6 Å². The molecule has 2 aromatic rings. The zero-order valence-corrected chi connectivity index (χ0v) is 16.9. The Morgan fingerprint density at radius 2 is 1.81 bits per heavy atom. The number of aromatic carboxylic acids is 1. The Morgan fingerprint density at radius 3 is 2.35 bits per heavy atom. The Labute approximate surface area is 177 Å². The molecule has 31 heavy (non-hydrogen) atoms. The molecule has 1 aromatic carbocycles. The van der Waals surface area contributed by atoms with Crippen molar-refractivity contribution < 1.29 is 29.6 Å². The number of anilines is 1. The minimum absolute atomic E-state index is 0.0538. The molecule has 4 rings (SSSR count). The molecule has 2 atom stereocenters. The normalized spacial score (nSPS) is 19.5. The lowest BCUT2D eigenvalue weighted by molar-refractivity contribution is -0.0149. The first-order valence-electron chi connectivity index (χ1n) is 10.4. The van der Waals surface area contributed by atoms with Crippen molar-refractivity contribution in [2.24, 2.45) is 0 Å². The van der Waals surface area contributed by atoms with Crippen LogP contribution in [-0.2, 0) is 0 Å². The van der Waals surface area contributed by atoms with Crippen LogP contribution >= 0.6 is 0 Å². The van der Waals surface area contributed by atoms with E-state index in [0.717, 1.165) is 18.9 Å². The quantitative estimate of drug-likeness (QED) is 0.479. The summed E-state index contributed by atoms with van der Waals surface area (Å²) in [5.41, 5.74) is -0.219. The number of hydrogen-bond acceptors (Lipinski definition) is 7. The lowest BCUT2D eigenvalue weighted by atomic mass is 10.1. The van der Waals surface area contributed by atoms with Crippen LogP contribution in [0.1, 0.15) is 29.2 Å². The van der Waals surface area contributed by atoms with Crippen LogP contribution in [0.25, 0.3) is 10.9 Å². The SMILES string of the molecule is O=C(O)c1cn(C2CC2)c2cc(N3CCN(C(CO)C(O)CO)CC3)c(F)cc2c1=O. The van der Waals surface area contributed by atoms with E-state index in [0.29, 0.717) is 37.4 Å². The Kier molecular flexibility index (Phi) is 5.98. The molecule has 1 saturated heterocycles. The lowest BCUT2D eigenvalue weighted by Gasteiger charge is -2.41. The van der Waals surface area contributed by atoms with Crippen LogP contribution in [-0.4, -0.2) is 87.4 Å². The van der Waals surface area contributed by atoms with Gasteiger partial charge in [-0.3, -0.25) is 9.69 Å². The highest BCUT2D eigenvalue weighted by Gasteiger charge is 2.31. The second kappa shape index (κ2) is 8.54. The summed E-state index contributed by atoms with van der Waals surface area (Å²) in [6.07, 6.45) is 2.04. The standard InChI is InChI=1S/C21H26FN3O6/c22-15-7-13-16(25(12-1-2-12)9-14(20(13)29)21(30)31)8-17(15)23-3-5-24(6-4-23)18(10-26)19(28)11-27/h7-9,12,18-19,26-28H,1-6,10-11H2,(H,30,31). The number of halogens is 1. The number of aromatic nitrogens is 1. The average molecular weight is 435 g/mol. The molecule has 1 saturated carbocycles. The van der Waals surface area contributed by atoms with Crippen molar-refractivity contribution in [2.45, 2.75) is 31.0 Å². The summed E-state index contributed by atoms with van der Waals surface area (Å²) < 4.78 is 16.8. The molecule has 1 aliphatic carbocycles. The predicted molar refractivity (Wildman–Crippen MR) is 111 cm³/mol. The third-order valence-corrected chi connectivity index (χ3v) is 6.21. The summed E-state index contributed by atoms with van der Waals surface area (Å²) in [7, 11) is 0. The number of aliphatic hydroxyl groups excluding tert-OH is 3. The van der Waals surface area contributed by atoms with Crippen LogP contribution < -0.4 is 10.3 Å². The summed E-state index contributed by atoms with van der Waals surface area (Å²) in [5.74, 6) is -1.93. The van der Waals surface area contributed by atoms with E-state index in [9.17, 15) is 30.0 Å². The zero-order valence-electron chi connectivity index (χ0n) is 16.9. The van der Waals surface area contributed by atoms with Gasteiger partial charge in [-0.1, -0.05) is 0 Å². The number of pyridine rings is 1. The highest BCUT2D eigenvalue weighted by Crippen LogP contribution is 2.38. The number of aliphatic hydroxyl groups is 3. The van der Waals surface area contributed by atoms with E-state index in [-0.39, 0.29) is 23.6 Å². The number of nitrogens with zero attached hydrogens (tertiary/aromatic N) is 3. The first kappa shape index (κ1) is 21.7. The van der Waals surface area contributed by atoms with Gasteiger partial charge in [0.1, 0.15) is 11.4 Å². The fourth-order valence-corrected chi connectivity index (χ4v) is 4.30. The van der Waals surface area contributed by atoms with E-state index in [1.165, 1.54) is 6.20 Å². The molecule has 9 nitrogen and oxygen atoms in total. The summed E-state index contributed by atoms with van der Waals surface area (Å²) in [6, 6.07) is 2.24. The summed E-state index contributed by atoms with van der Waals surface area (Å²) >= 11 is 0. The molecule has 0 spiro atoms. The fraction of sp³-hybridized carbons (Fsp3) is 0.524. The van der Waals surface area contributed by atoms with Crippen LogP contribution in [0.2, 0.25) is 0 Å². The van der Waals surface area contributed by atoms with Crippen molar-refractivity contribution in [2.75, 3.05) is 44.3 Å². The number of carbonyl (C=O) groups is 1. The van der Waals surface area contributed by atoms with Crippen molar-refractivity contribution in [3.63, 3.8) is 0 Å². The summed E-state index contributed by atoms with van der Waals surface area (Å²) in [4.78, 5) is 27.8. The summed E-state index contributed by atoms with van der Waals surface area (Å²) in [6.45, 7) is 1.00. The van der Waals surface area contributed by atoms with E-state index in [4.69, 9.17) is 0 Å². The van der Waals surface area contributed by atoms with E-state index >= 15 is 4.39 Å². The molecule has 2 aliphatic rings. The molecule has 0 bridgehead atoms. The van der Waals surface area contributed by atoms with Gasteiger partial charge in [0.15, 0.2) is 0 Å². The molecule has 0 radical (unpaired) electrons. The topological polar surface area (TPSA) is 126 Å². The fourth-order valence-electron chi connectivity index (χ4n) is 4.30. The smallest absolute Gasteiger partial charge is 0.341 e. The van der Waals surface area contributed by atoms with Crippen molar-refractivity contribution in [1.29, 1.82) is 0 Å². The van der Waals surface area contributed by atoms with Gasteiger partial charge < -0.3 is 29.9 Å². The van der Waals surface area contributed by atoms with Crippen molar-refractivity contribution >= 4 is 22.6 Å². The van der Waals surface area contributed by atoms with Gasteiger partial charge in [0.25, 0.3) is 0 Å². The Morgan fingerprint density at radius 1 is 1.13 bits per heavy atom. The molecule has 1 aliphatic heterocycles. The number of carboxylic acids is 1. The first-order valence-corrected chi connectivity index (χ1v) is 10.4. The van der Waals surface area contributed by atoms with Gasteiger partial charge in [-0.2, -0.15) is 0 Å². The van der Waals surface area contributed by atoms with Crippen molar-refractivity contribution in [1.82, 2.24) is 9.47 Å². The number of carboxylic acid groups (broad SMARTS) is 1. The second-order valence-corrected chi connectivity index (χ2v) is 8.16. The van der Waals surface area contributed by atoms with E-state index in [1.807, 2.05) is 9.80 Å². The van der Waals surface area contributed by atoms with Gasteiger partial charge in [-0.25, -0.2) is 9.18 Å². The lowest BCUT2D eigenvalue weighted by Crippen LogP contribution is -2.56. The Bertz CT molecular complexity index is 1050. The first-order chi connectivity index (χ1) is 14.8. The number of rotatable bonds is 7. The molecule has 2 unspecified atom stereocenters. The van der Waals surface area contributed by atoms with Crippen LogP contribution in [0.3, 0.4) is 0 Å². The van der Waals surface area contributed by atoms with Crippen molar-refractivity contribution in [3.05, 3.63) is 39.9 Å². The van der Waals surface area contributed by atoms with Gasteiger partial charge >= 0.3 is 5.97 Å². The van der Waals surface area contributed by atoms with Crippen LogP contribution in [0, 0.1) is 5.82 Å². The Hall–Kier alpha value is -2.53. The highest BCUT2D eigenvalue weighted by atomic mass is 19.1. The third kappa shape index (κ3) is 4.03. The van der Waals surface area contributed by atoms with Crippen LogP contribution in [0.5, 0.6) is 0 Å². The van der Waals surface area contributed by atoms with Gasteiger partial charge in [0.2, 0.25) is 5.43 Å². The maximum Gasteiger partial charge on any atom is 0.341 e. The van der Waals surface area contributed by atoms with Gasteiger partial charge in [-0.15, -0.1) is 0 Å². The molecular formula is C21H26FN3O6. The van der Waals surface area contributed by atoms with Gasteiger partial charge in [0, 0.05) is 43.8 Å². The van der Waals surface area contributed by atoms with Gasteiger partial charge in [-0.05, 0) is 25.0 Å². The molecule has 2 fully saturated rings. The molecular weight excluding hydrogens is 409 g/mol. The number of piperazine rings is 1. The summed E-state index contributed by atoms with van der Waals surface area (Å²) in [5, 5.41) is 38.0. The minimum Gasteiger partial charge on any atom is -0.477 e. The highest BCUT2D eigenvalue weighted by molar-refractivity contribution is 5.93. The second-order valence-electron chi connectivity index (χ2n) is 8.16. The Balaban J connectivity index is 1.66. The number of benzene rings is 1. The molecule has 4 N–H and O–H groups in total. The van der Waals surface area contributed by atoms with E-state index in [2.05, 4.69) is 0 Å². The van der Waals surface area contributed by atoms with Crippen molar-refractivity contribution in [3.8, 4) is 0 Å². The maximum atomic E-state index is 15.0. The molecule has 2 heterocycles. The van der Waals surface area contributed by atoms with Gasteiger partial charge in [0.05, 0.1) is 36.6 Å². The molecule has 0 amide bonds. The third-order valence-electron chi connectivity index (χ3n) is 6.21. The predicted octanol–water partition coefficient (Wildman–Crippen LogP) is 0.00980. The zero-order chi connectivity index (χ0) is 22.3. The number of fused-ring (bicyclic) bond motifs is 1. The number of hydrogen-bond donors (Lipinski definition) is 4. The minimum atomic E-state index is -1.33. The monoisotopic (exact) mass is 435 g/mol. The molecule has 1 aromatic heterocycles. The largest absolute Gasteiger partial charge is 0.477 e. The van der Waals surface area contributed by atoms with E-state index < -0.39 is 36.0 Å². The van der Waals surface area contributed by atoms with Crippen LogP contribution in [0.15, 0.2) is 23.1 Å². The molecule has 10 heteroatoms. The van der Waals surface area contributed by atoms with Crippen LogP contribution in [0.4, 0.5) is 10.1 Å². The maximum absolute atomic E-state index is 15.0. The average Bonchev–Trinajstić information content (AvgIpc) is 3.60.